The van der Waals surface area contributed by atoms with E-state index >= 15 is 0 Å². The lowest BCUT2D eigenvalue weighted by atomic mass is 9.83. The van der Waals surface area contributed by atoms with E-state index in [2.05, 4.69) is 27.8 Å². The predicted octanol–water partition coefficient (Wildman–Crippen LogP) is 1.87. The van der Waals surface area contributed by atoms with Crippen LogP contribution in [-0.4, -0.2) is 30.0 Å². The zero-order chi connectivity index (χ0) is 13.1. The van der Waals surface area contributed by atoms with E-state index in [9.17, 15) is 4.79 Å². The summed E-state index contributed by atoms with van der Waals surface area (Å²) in [7, 11) is 0. The third kappa shape index (κ3) is 3.49. The van der Waals surface area contributed by atoms with Gasteiger partial charge in [0.05, 0.1) is 5.92 Å². The van der Waals surface area contributed by atoms with Crippen LogP contribution in [0.15, 0.2) is 24.4 Å². The van der Waals surface area contributed by atoms with Crippen LogP contribution in [-0.2, 0) is 4.79 Å². The van der Waals surface area contributed by atoms with Crippen LogP contribution in [0.1, 0.15) is 37.3 Å². The van der Waals surface area contributed by atoms with E-state index in [1.165, 1.54) is 5.69 Å². The molecule has 5 heteroatoms. The van der Waals surface area contributed by atoms with Gasteiger partial charge < -0.3 is 10.6 Å². The number of rotatable bonds is 3. The molecule has 0 atom stereocenters. The molecule has 20 heavy (non-hydrogen) atoms. The van der Waals surface area contributed by atoms with Gasteiger partial charge in [0, 0.05) is 36.9 Å². The highest BCUT2D eigenvalue weighted by molar-refractivity contribution is 5.85. The summed E-state index contributed by atoms with van der Waals surface area (Å²) < 4.78 is 0. The second-order valence-corrected chi connectivity index (χ2v) is 5.67. The van der Waals surface area contributed by atoms with E-state index in [-0.39, 0.29) is 24.2 Å². The summed E-state index contributed by atoms with van der Waals surface area (Å²) in [4.78, 5) is 16.3. The first kappa shape index (κ1) is 15.3. The summed E-state index contributed by atoms with van der Waals surface area (Å²) in [5.41, 5.74) is 1.20. The van der Waals surface area contributed by atoms with Gasteiger partial charge in [0.15, 0.2) is 0 Å². The maximum atomic E-state index is 11.9. The second-order valence-electron chi connectivity index (χ2n) is 5.67. The number of carbonyl (C=O) groups is 1. The highest BCUT2D eigenvalue weighted by Gasteiger charge is 2.29. The van der Waals surface area contributed by atoms with Gasteiger partial charge in [-0.05, 0) is 37.8 Å². The van der Waals surface area contributed by atoms with Crippen molar-refractivity contribution >= 4 is 18.3 Å². The molecule has 110 valence electrons. The summed E-state index contributed by atoms with van der Waals surface area (Å²) in [6, 6.07) is 6.50. The van der Waals surface area contributed by atoms with E-state index in [4.69, 9.17) is 0 Å². The van der Waals surface area contributed by atoms with Crippen LogP contribution in [0.2, 0.25) is 0 Å². The number of hydrogen-bond acceptors (Lipinski definition) is 3. The number of carbonyl (C=O) groups excluding carboxylic acids is 1. The Labute approximate surface area is 126 Å². The Bertz CT molecular complexity index is 428. The van der Waals surface area contributed by atoms with Gasteiger partial charge in [-0.15, -0.1) is 12.4 Å². The molecule has 0 aromatic carbocycles. The molecule has 0 radical (unpaired) electrons. The Morgan fingerprint density at radius 3 is 2.50 bits per heavy atom. The monoisotopic (exact) mass is 295 g/mol. The summed E-state index contributed by atoms with van der Waals surface area (Å²) >= 11 is 0. The van der Waals surface area contributed by atoms with Crippen molar-refractivity contribution in [2.75, 3.05) is 13.1 Å². The van der Waals surface area contributed by atoms with E-state index in [0.717, 1.165) is 38.8 Å². The lowest BCUT2D eigenvalue weighted by Gasteiger charge is -2.32. The van der Waals surface area contributed by atoms with Gasteiger partial charge in [-0.1, -0.05) is 6.07 Å². The lowest BCUT2D eigenvalue weighted by Crippen LogP contribution is -2.53. The zero-order valence-corrected chi connectivity index (χ0v) is 12.4. The topological polar surface area (TPSA) is 54.0 Å². The molecule has 2 heterocycles. The zero-order valence-electron chi connectivity index (χ0n) is 11.5. The first-order valence-corrected chi connectivity index (χ1v) is 7.25. The van der Waals surface area contributed by atoms with Crippen LogP contribution in [0.5, 0.6) is 0 Å². The molecular formula is C15H22ClN3O. The van der Waals surface area contributed by atoms with Crippen molar-refractivity contribution in [1.82, 2.24) is 15.6 Å². The Balaban J connectivity index is 0.00000147. The van der Waals surface area contributed by atoms with Crippen LogP contribution in [0.4, 0.5) is 0 Å². The van der Waals surface area contributed by atoms with Crippen molar-refractivity contribution in [3.8, 4) is 0 Å². The fourth-order valence-corrected chi connectivity index (χ4v) is 2.94. The fourth-order valence-electron chi connectivity index (χ4n) is 2.94. The van der Waals surface area contributed by atoms with Gasteiger partial charge in [0.25, 0.3) is 0 Å². The molecule has 1 aliphatic heterocycles. The maximum Gasteiger partial charge on any atom is 0.225 e. The molecule has 2 N–H and O–H groups in total. The molecule has 1 saturated carbocycles. The largest absolute Gasteiger partial charge is 0.353 e. The highest BCUT2D eigenvalue weighted by atomic mass is 35.5. The number of nitrogens with one attached hydrogen (secondary N) is 2. The fraction of sp³-hybridized carbons (Fsp3) is 0.600. The van der Waals surface area contributed by atoms with Crippen molar-refractivity contribution in [3.05, 3.63) is 30.1 Å². The van der Waals surface area contributed by atoms with Gasteiger partial charge in [0.2, 0.25) is 5.91 Å². The van der Waals surface area contributed by atoms with Crippen molar-refractivity contribution in [2.45, 2.75) is 37.6 Å². The highest BCUT2D eigenvalue weighted by Crippen LogP contribution is 2.31. The minimum absolute atomic E-state index is 0. The summed E-state index contributed by atoms with van der Waals surface area (Å²) in [5.74, 6) is 1.01. The normalized spacial score (nSPS) is 26.2. The smallest absolute Gasteiger partial charge is 0.225 e. The number of amides is 1. The maximum absolute atomic E-state index is 11.9. The Morgan fingerprint density at radius 2 is 1.95 bits per heavy atom. The van der Waals surface area contributed by atoms with Crippen LogP contribution >= 0.6 is 12.4 Å². The summed E-state index contributed by atoms with van der Waals surface area (Å²) in [6.45, 7) is 1.68. The van der Waals surface area contributed by atoms with Crippen molar-refractivity contribution < 1.29 is 4.79 Å². The van der Waals surface area contributed by atoms with Crippen molar-refractivity contribution in [2.24, 2.45) is 5.92 Å². The molecule has 2 fully saturated rings. The molecule has 1 aromatic heterocycles. The number of aromatic nitrogens is 1. The summed E-state index contributed by atoms with van der Waals surface area (Å²) in [5, 5.41) is 6.33. The molecule has 1 aromatic rings. The Hall–Kier alpha value is -1.13. The van der Waals surface area contributed by atoms with Crippen molar-refractivity contribution in [3.63, 3.8) is 0 Å². The van der Waals surface area contributed by atoms with Gasteiger partial charge in [-0.25, -0.2) is 0 Å². The van der Waals surface area contributed by atoms with E-state index < -0.39 is 0 Å². The molecule has 0 bridgehead atoms. The van der Waals surface area contributed by atoms with E-state index in [0.29, 0.717) is 12.0 Å². The molecule has 3 rings (SSSR count). The molecule has 0 unspecified atom stereocenters. The lowest BCUT2D eigenvalue weighted by molar-refractivity contribution is -0.127. The molecule has 1 aliphatic carbocycles. The molecule has 0 spiro atoms. The Kier molecular flexibility index (Phi) is 5.38. The third-order valence-electron chi connectivity index (χ3n) is 4.33. The van der Waals surface area contributed by atoms with Crippen LogP contribution in [0.25, 0.3) is 0 Å². The molecule has 2 aliphatic rings. The molecule has 4 nitrogen and oxygen atoms in total. The van der Waals surface area contributed by atoms with E-state index in [1.807, 2.05) is 12.3 Å². The van der Waals surface area contributed by atoms with Crippen molar-refractivity contribution in [1.29, 1.82) is 0 Å². The number of hydrogen-bond donors (Lipinski definition) is 2. The summed E-state index contributed by atoms with van der Waals surface area (Å²) in [6.07, 6.45) is 6.28. The van der Waals surface area contributed by atoms with Crippen LogP contribution in [0, 0.1) is 5.92 Å². The minimum Gasteiger partial charge on any atom is -0.353 e. The first-order valence-electron chi connectivity index (χ1n) is 7.25. The number of nitrogens with zero attached hydrogens (tertiary/aromatic N) is 1. The van der Waals surface area contributed by atoms with Gasteiger partial charge >= 0.3 is 0 Å². The van der Waals surface area contributed by atoms with E-state index in [1.54, 1.807) is 0 Å². The average molecular weight is 296 g/mol. The third-order valence-corrected chi connectivity index (χ3v) is 4.33. The van der Waals surface area contributed by atoms with Gasteiger partial charge in [-0.3, -0.25) is 9.78 Å². The number of halogens is 1. The average Bonchev–Trinajstić information content (AvgIpc) is 2.38. The quantitative estimate of drug-likeness (QED) is 0.895. The SMILES string of the molecule is Cl.O=C(NC1CCC(c2ccccn2)CC1)C1CNC1. The second kappa shape index (κ2) is 7.04. The first-order chi connectivity index (χ1) is 9.33. The minimum atomic E-state index is 0. The molecule has 1 saturated heterocycles. The van der Waals surface area contributed by atoms with Gasteiger partial charge in [-0.2, -0.15) is 0 Å². The molecular weight excluding hydrogens is 274 g/mol. The number of pyridine rings is 1. The standard InChI is InChI=1S/C15H21N3O.ClH/c19-15(12-9-16-10-12)18-13-6-4-11(5-7-13)14-3-1-2-8-17-14;/h1-3,8,11-13,16H,4-7,9-10H2,(H,18,19);1H. The predicted molar refractivity (Wildman–Crippen MR) is 81.0 cm³/mol. The molecule has 1 amide bonds. The van der Waals surface area contributed by atoms with Crippen LogP contribution < -0.4 is 10.6 Å². The van der Waals surface area contributed by atoms with Gasteiger partial charge in [0.1, 0.15) is 0 Å². The Morgan fingerprint density at radius 1 is 1.20 bits per heavy atom. The van der Waals surface area contributed by atoms with Crippen LogP contribution in [0.3, 0.4) is 0 Å².